The molecular formula is C9H13N3O3. The summed E-state index contributed by atoms with van der Waals surface area (Å²) >= 11 is 0. The third-order valence-corrected chi connectivity index (χ3v) is 1.96. The number of carbonyl (C=O) groups is 2. The van der Waals surface area contributed by atoms with E-state index in [0.29, 0.717) is 0 Å². The van der Waals surface area contributed by atoms with Gasteiger partial charge in [-0.05, 0) is 5.92 Å². The van der Waals surface area contributed by atoms with Crippen molar-refractivity contribution < 1.29 is 14.7 Å². The lowest BCUT2D eigenvalue weighted by atomic mass is 10.0. The van der Waals surface area contributed by atoms with Crippen molar-refractivity contribution in [2.75, 3.05) is 0 Å². The monoisotopic (exact) mass is 211 g/mol. The van der Waals surface area contributed by atoms with Crippen LogP contribution in [-0.2, 0) is 4.79 Å². The van der Waals surface area contributed by atoms with Crippen LogP contribution in [-0.4, -0.2) is 33.0 Å². The molecule has 6 heteroatoms. The van der Waals surface area contributed by atoms with E-state index in [1.165, 1.54) is 12.5 Å². The van der Waals surface area contributed by atoms with Gasteiger partial charge in [-0.25, -0.2) is 9.78 Å². The van der Waals surface area contributed by atoms with E-state index in [1.54, 1.807) is 13.8 Å². The zero-order chi connectivity index (χ0) is 11.4. The van der Waals surface area contributed by atoms with Gasteiger partial charge in [0, 0.05) is 0 Å². The maximum absolute atomic E-state index is 11.5. The smallest absolute Gasteiger partial charge is 0.326 e. The molecule has 1 atom stereocenters. The molecule has 0 saturated heterocycles. The zero-order valence-corrected chi connectivity index (χ0v) is 8.52. The highest BCUT2D eigenvalue weighted by Crippen LogP contribution is 2.03. The summed E-state index contributed by atoms with van der Waals surface area (Å²) in [6.45, 7) is 3.46. The molecule has 1 aromatic heterocycles. The average Bonchev–Trinajstić information content (AvgIpc) is 2.65. The molecule has 0 bridgehead atoms. The van der Waals surface area contributed by atoms with Crippen molar-refractivity contribution in [3.05, 3.63) is 18.2 Å². The van der Waals surface area contributed by atoms with Crippen molar-refractivity contribution in [2.45, 2.75) is 19.9 Å². The number of amides is 1. The van der Waals surface area contributed by atoms with Gasteiger partial charge in [-0.2, -0.15) is 0 Å². The SMILES string of the molecule is CC(C)C(NC(=O)c1cnc[nH]1)C(=O)O. The number of carboxylic acids is 1. The summed E-state index contributed by atoms with van der Waals surface area (Å²) in [5.74, 6) is -1.68. The van der Waals surface area contributed by atoms with Crippen LogP contribution in [0.15, 0.2) is 12.5 Å². The minimum atomic E-state index is -1.04. The molecule has 0 radical (unpaired) electrons. The topological polar surface area (TPSA) is 95.1 Å². The molecule has 1 heterocycles. The Kier molecular flexibility index (Phi) is 3.43. The number of hydrogen-bond acceptors (Lipinski definition) is 3. The number of imidazole rings is 1. The standard InChI is InChI=1S/C9H13N3O3/c1-5(2)7(9(14)15)12-8(13)6-3-10-4-11-6/h3-5,7H,1-2H3,(H,10,11)(H,12,13)(H,14,15). The number of aromatic amines is 1. The van der Waals surface area contributed by atoms with Crippen molar-refractivity contribution in [3.8, 4) is 0 Å². The number of aromatic nitrogens is 2. The lowest BCUT2D eigenvalue weighted by Gasteiger charge is -2.17. The minimum Gasteiger partial charge on any atom is -0.480 e. The summed E-state index contributed by atoms with van der Waals surface area (Å²) < 4.78 is 0. The van der Waals surface area contributed by atoms with Crippen molar-refractivity contribution >= 4 is 11.9 Å². The number of nitrogens with zero attached hydrogens (tertiary/aromatic N) is 1. The molecule has 0 aliphatic carbocycles. The predicted molar refractivity (Wildman–Crippen MR) is 52.3 cm³/mol. The van der Waals surface area contributed by atoms with Crippen LogP contribution >= 0.6 is 0 Å². The maximum atomic E-state index is 11.5. The molecule has 1 aromatic rings. The lowest BCUT2D eigenvalue weighted by Crippen LogP contribution is -2.44. The van der Waals surface area contributed by atoms with E-state index in [2.05, 4.69) is 15.3 Å². The number of nitrogens with one attached hydrogen (secondary N) is 2. The lowest BCUT2D eigenvalue weighted by molar-refractivity contribution is -0.140. The second kappa shape index (κ2) is 4.59. The summed E-state index contributed by atoms with van der Waals surface area (Å²) in [7, 11) is 0. The fraction of sp³-hybridized carbons (Fsp3) is 0.444. The molecule has 0 aliphatic rings. The summed E-state index contributed by atoms with van der Waals surface area (Å²) in [6, 6.07) is -0.888. The fourth-order valence-corrected chi connectivity index (χ4v) is 1.11. The Balaban J connectivity index is 2.67. The van der Waals surface area contributed by atoms with Gasteiger partial charge in [0.1, 0.15) is 11.7 Å². The molecule has 6 nitrogen and oxygen atoms in total. The Morgan fingerprint density at radius 2 is 2.20 bits per heavy atom. The van der Waals surface area contributed by atoms with Crippen molar-refractivity contribution in [1.82, 2.24) is 15.3 Å². The van der Waals surface area contributed by atoms with E-state index in [4.69, 9.17) is 5.11 Å². The third kappa shape index (κ3) is 2.80. The Morgan fingerprint density at radius 3 is 2.60 bits per heavy atom. The van der Waals surface area contributed by atoms with E-state index >= 15 is 0 Å². The van der Waals surface area contributed by atoms with Gasteiger partial charge in [0.2, 0.25) is 0 Å². The Labute approximate surface area is 86.7 Å². The zero-order valence-electron chi connectivity index (χ0n) is 8.52. The predicted octanol–water partition coefficient (Wildman–Crippen LogP) is 0.249. The van der Waals surface area contributed by atoms with Crippen LogP contribution in [0.25, 0.3) is 0 Å². The molecule has 82 valence electrons. The molecule has 1 amide bonds. The van der Waals surface area contributed by atoms with Gasteiger partial charge < -0.3 is 15.4 Å². The van der Waals surface area contributed by atoms with E-state index in [9.17, 15) is 9.59 Å². The number of carbonyl (C=O) groups excluding carboxylic acids is 1. The molecule has 1 unspecified atom stereocenters. The highest BCUT2D eigenvalue weighted by atomic mass is 16.4. The first-order chi connectivity index (χ1) is 7.02. The van der Waals surface area contributed by atoms with Crippen LogP contribution in [0.3, 0.4) is 0 Å². The van der Waals surface area contributed by atoms with Crippen LogP contribution in [0.1, 0.15) is 24.3 Å². The number of hydrogen-bond donors (Lipinski definition) is 3. The molecule has 1 rings (SSSR count). The van der Waals surface area contributed by atoms with Crippen LogP contribution in [0.5, 0.6) is 0 Å². The molecule has 0 aliphatic heterocycles. The van der Waals surface area contributed by atoms with Gasteiger partial charge >= 0.3 is 5.97 Å². The summed E-state index contributed by atoms with van der Waals surface area (Å²) in [5.41, 5.74) is 0.252. The second-order valence-electron chi connectivity index (χ2n) is 3.50. The third-order valence-electron chi connectivity index (χ3n) is 1.96. The fourth-order valence-electron chi connectivity index (χ4n) is 1.11. The normalized spacial score (nSPS) is 12.5. The van der Waals surface area contributed by atoms with Crippen LogP contribution in [0, 0.1) is 5.92 Å². The first-order valence-electron chi connectivity index (χ1n) is 4.54. The average molecular weight is 211 g/mol. The van der Waals surface area contributed by atoms with E-state index in [-0.39, 0.29) is 11.6 Å². The Bertz CT molecular complexity index is 345. The quantitative estimate of drug-likeness (QED) is 0.665. The summed E-state index contributed by atoms with van der Waals surface area (Å²) in [4.78, 5) is 28.6. The van der Waals surface area contributed by atoms with Crippen LogP contribution < -0.4 is 5.32 Å². The molecule has 15 heavy (non-hydrogen) atoms. The largest absolute Gasteiger partial charge is 0.480 e. The summed E-state index contributed by atoms with van der Waals surface area (Å²) in [6.07, 6.45) is 2.70. The first-order valence-corrected chi connectivity index (χ1v) is 4.54. The molecule has 0 saturated carbocycles. The molecule has 3 N–H and O–H groups in total. The molecule has 0 spiro atoms. The Morgan fingerprint density at radius 1 is 1.53 bits per heavy atom. The number of aliphatic carboxylic acids is 1. The van der Waals surface area contributed by atoms with Crippen molar-refractivity contribution in [1.29, 1.82) is 0 Å². The van der Waals surface area contributed by atoms with E-state index < -0.39 is 17.9 Å². The van der Waals surface area contributed by atoms with Gasteiger partial charge in [0.15, 0.2) is 0 Å². The van der Waals surface area contributed by atoms with Gasteiger partial charge in [0.05, 0.1) is 12.5 Å². The second-order valence-corrected chi connectivity index (χ2v) is 3.50. The van der Waals surface area contributed by atoms with Crippen LogP contribution in [0.4, 0.5) is 0 Å². The maximum Gasteiger partial charge on any atom is 0.326 e. The van der Waals surface area contributed by atoms with Gasteiger partial charge in [-0.1, -0.05) is 13.8 Å². The van der Waals surface area contributed by atoms with Gasteiger partial charge in [-0.15, -0.1) is 0 Å². The molecule has 0 fully saturated rings. The van der Waals surface area contributed by atoms with Crippen molar-refractivity contribution in [3.63, 3.8) is 0 Å². The number of carboxylic acid groups (broad SMARTS) is 1. The van der Waals surface area contributed by atoms with Crippen LogP contribution in [0.2, 0.25) is 0 Å². The Hall–Kier alpha value is -1.85. The summed E-state index contributed by atoms with van der Waals surface area (Å²) in [5, 5.41) is 11.3. The molecule has 0 aromatic carbocycles. The van der Waals surface area contributed by atoms with Gasteiger partial charge in [-0.3, -0.25) is 4.79 Å². The minimum absolute atomic E-state index is 0.172. The highest BCUT2D eigenvalue weighted by Gasteiger charge is 2.24. The highest BCUT2D eigenvalue weighted by molar-refractivity contribution is 5.94. The first kappa shape index (κ1) is 11.2. The van der Waals surface area contributed by atoms with E-state index in [0.717, 1.165) is 0 Å². The van der Waals surface area contributed by atoms with Gasteiger partial charge in [0.25, 0.3) is 5.91 Å². The number of rotatable bonds is 4. The number of H-pyrrole nitrogens is 1. The van der Waals surface area contributed by atoms with Crippen molar-refractivity contribution in [2.24, 2.45) is 5.92 Å². The van der Waals surface area contributed by atoms with E-state index in [1.807, 2.05) is 0 Å². The molecular weight excluding hydrogens is 198 g/mol.